The molecule has 2 rings (SSSR count). The second-order valence-electron chi connectivity index (χ2n) is 4.26. The molecule has 2 aromatic rings. The number of thiocarbonyl (C=S) groups is 1. The van der Waals surface area contributed by atoms with Crippen molar-refractivity contribution < 1.29 is 16.2 Å². The Labute approximate surface area is 144 Å². The second kappa shape index (κ2) is 7.14. The van der Waals surface area contributed by atoms with Crippen LogP contribution in [0.2, 0.25) is 0 Å². The lowest BCUT2D eigenvalue weighted by molar-refractivity contribution is -0.137. The fourth-order valence-corrected chi connectivity index (χ4v) is 2.15. The van der Waals surface area contributed by atoms with Crippen LogP contribution in [0.4, 0.5) is 24.5 Å². The van der Waals surface area contributed by atoms with Gasteiger partial charge in [-0.05, 0) is 60.7 Å². The Balaban J connectivity index is 1.96. The second-order valence-corrected chi connectivity index (χ2v) is 5.10. The molecule has 0 amide bonds. The van der Waals surface area contributed by atoms with Crippen LogP contribution >= 0.6 is 35.2 Å². The summed E-state index contributed by atoms with van der Waals surface area (Å²) in [6.45, 7) is 0. The summed E-state index contributed by atoms with van der Waals surface area (Å²) >= 11 is 6.88. The molecule has 0 aliphatic heterocycles. The van der Waals surface area contributed by atoms with E-state index < -0.39 is 11.7 Å². The summed E-state index contributed by atoms with van der Waals surface area (Å²) < 4.78 is 42.4. The molecule has 0 heterocycles. The van der Waals surface area contributed by atoms with Gasteiger partial charge in [0.15, 0.2) is 28.1 Å². The standard InChI is InChI=1S/C14H10F3IN2OS/c15-14(16,17)9-1-3-10(4-2-9)19-13(22)20-11-5-7-12(21-18)8-6-11/h1-8H,(H2,19,20,22). The number of hydrogen-bond donors (Lipinski definition) is 2. The largest absolute Gasteiger partial charge is 0.428 e. The van der Waals surface area contributed by atoms with E-state index in [1.807, 2.05) is 0 Å². The van der Waals surface area contributed by atoms with Gasteiger partial charge >= 0.3 is 6.18 Å². The van der Waals surface area contributed by atoms with E-state index in [-0.39, 0.29) is 5.11 Å². The molecular formula is C14H10F3IN2OS. The Morgan fingerprint density at radius 3 is 1.77 bits per heavy atom. The van der Waals surface area contributed by atoms with Gasteiger partial charge in [-0.2, -0.15) is 13.2 Å². The van der Waals surface area contributed by atoms with Crippen LogP contribution in [0.5, 0.6) is 5.75 Å². The SMILES string of the molecule is FC(F)(F)c1ccc(NC(=S)Nc2ccc(OI)cc2)cc1. The van der Waals surface area contributed by atoms with E-state index in [4.69, 9.17) is 15.3 Å². The average molecular weight is 438 g/mol. The van der Waals surface area contributed by atoms with Crippen LogP contribution in [0.25, 0.3) is 0 Å². The molecule has 0 fully saturated rings. The summed E-state index contributed by atoms with van der Waals surface area (Å²) in [5.41, 5.74) is 0.505. The molecule has 116 valence electrons. The van der Waals surface area contributed by atoms with Crippen molar-refractivity contribution in [2.75, 3.05) is 10.6 Å². The van der Waals surface area contributed by atoms with Crippen LogP contribution in [-0.2, 0) is 6.18 Å². The molecule has 0 atom stereocenters. The van der Waals surface area contributed by atoms with Crippen molar-refractivity contribution >= 4 is 51.7 Å². The van der Waals surface area contributed by atoms with Crippen molar-refractivity contribution in [3.05, 3.63) is 54.1 Å². The summed E-state index contributed by atoms with van der Waals surface area (Å²) in [6.07, 6.45) is -4.35. The zero-order valence-corrected chi connectivity index (χ0v) is 13.9. The molecule has 0 radical (unpaired) electrons. The van der Waals surface area contributed by atoms with E-state index in [1.54, 1.807) is 47.3 Å². The van der Waals surface area contributed by atoms with Crippen molar-refractivity contribution in [1.29, 1.82) is 0 Å². The minimum Gasteiger partial charge on any atom is -0.428 e. The Hall–Kier alpha value is -1.55. The van der Waals surface area contributed by atoms with Gasteiger partial charge in [0.1, 0.15) is 5.75 Å². The summed E-state index contributed by atoms with van der Waals surface area (Å²) in [7, 11) is 0. The number of hydrogen-bond acceptors (Lipinski definition) is 2. The molecule has 22 heavy (non-hydrogen) atoms. The minimum absolute atomic E-state index is 0.280. The first-order valence-electron chi connectivity index (χ1n) is 6.02. The topological polar surface area (TPSA) is 33.3 Å². The Bertz CT molecular complexity index is 645. The first kappa shape index (κ1) is 16.8. The lowest BCUT2D eigenvalue weighted by Gasteiger charge is -2.12. The van der Waals surface area contributed by atoms with Gasteiger partial charge in [-0.3, -0.25) is 0 Å². The third-order valence-corrected chi connectivity index (χ3v) is 3.38. The first-order chi connectivity index (χ1) is 10.4. The fourth-order valence-electron chi connectivity index (χ4n) is 1.63. The molecule has 8 heteroatoms. The van der Waals surface area contributed by atoms with Crippen molar-refractivity contribution in [1.82, 2.24) is 0 Å². The number of benzene rings is 2. The fraction of sp³-hybridized carbons (Fsp3) is 0.0714. The molecule has 0 aromatic heterocycles. The van der Waals surface area contributed by atoms with Crippen LogP contribution < -0.4 is 13.7 Å². The van der Waals surface area contributed by atoms with Crippen molar-refractivity contribution in [3.63, 3.8) is 0 Å². The minimum atomic E-state index is -4.35. The quantitative estimate of drug-likeness (QED) is 0.507. The van der Waals surface area contributed by atoms with Gasteiger partial charge in [0.05, 0.1) is 5.56 Å². The van der Waals surface area contributed by atoms with Crippen molar-refractivity contribution in [2.24, 2.45) is 0 Å². The zero-order valence-electron chi connectivity index (χ0n) is 10.9. The van der Waals surface area contributed by atoms with Crippen LogP contribution in [0, 0.1) is 0 Å². The van der Waals surface area contributed by atoms with Gasteiger partial charge < -0.3 is 13.7 Å². The lowest BCUT2D eigenvalue weighted by atomic mass is 10.2. The predicted octanol–water partition coefficient (Wildman–Crippen LogP) is 5.24. The molecular weight excluding hydrogens is 428 g/mol. The van der Waals surface area contributed by atoms with Crippen molar-refractivity contribution in [3.8, 4) is 5.75 Å². The Kier molecular flexibility index (Phi) is 5.46. The van der Waals surface area contributed by atoms with E-state index in [9.17, 15) is 13.2 Å². The lowest BCUT2D eigenvalue weighted by Crippen LogP contribution is -2.19. The average Bonchev–Trinajstić information content (AvgIpc) is 2.47. The maximum atomic E-state index is 12.5. The van der Waals surface area contributed by atoms with E-state index in [2.05, 4.69) is 10.6 Å². The maximum Gasteiger partial charge on any atom is 0.416 e. The van der Waals surface area contributed by atoms with E-state index in [0.717, 1.165) is 17.8 Å². The molecule has 2 aromatic carbocycles. The number of rotatable bonds is 3. The monoisotopic (exact) mass is 438 g/mol. The van der Waals surface area contributed by atoms with Gasteiger partial charge in [-0.25, -0.2) is 0 Å². The highest BCUT2D eigenvalue weighted by Crippen LogP contribution is 2.29. The Morgan fingerprint density at radius 1 is 0.909 bits per heavy atom. The molecule has 0 saturated carbocycles. The smallest absolute Gasteiger partial charge is 0.416 e. The predicted molar refractivity (Wildman–Crippen MR) is 92.4 cm³/mol. The summed E-state index contributed by atoms with van der Waals surface area (Å²) in [6, 6.07) is 11.7. The highest BCUT2D eigenvalue weighted by Gasteiger charge is 2.29. The van der Waals surface area contributed by atoms with Gasteiger partial charge in [0.2, 0.25) is 0 Å². The molecule has 0 aliphatic carbocycles. The number of alkyl halides is 3. The third-order valence-electron chi connectivity index (χ3n) is 2.67. The number of anilines is 2. The first-order valence-corrected chi connectivity index (χ1v) is 7.31. The van der Waals surface area contributed by atoms with Crippen LogP contribution in [0.1, 0.15) is 5.56 Å². The van der Waals surface area contributed by atoms with Gasteiger partial charge in [-0.15, -0.1) is 0 Å². The molecule has 0 bridgehead atoms. The van der Waals surface area contributed by atoms with Crippen LogP contribution in [-0.4, -0.2) is 5.11 Å². The summed E-state index contributed by atoms with van der Waals surface area (Å²) in [5, 5.41) is 6.03. The zero-order chi connectivity index (χ0) is 16.2. The molecule has 3 nitrogen and oxygen atoms in total. The number of nitrogens with one attached hydrogen (secondary N) is 2. The molecule has 0 saturated heterocycles. The molecule has 0 spiro atoms. The highest BCUT2D eigenvalue weighted by atomic mass is 127. The third kappa shape index (κ3) is 4.73. The molecule has 0 unspecified atom stereocenters. The van der Waals surface area contributed by atoms with Crippen LogP contribution in [0.15, 0.2) is 48.5 Å². The maximum absolute atomic E-state index is 12.5. The molecule has 0 aliphatic rings. The van der Waals surface area contributed by atoms with Gasteiger partial charge in [0.25, 0.3) is 0 Å². The summed E-state index contributed by atoms with van der Waals surface area (Å²) in [4.78, 5) is 0. The normalized spacial score (nSPS) is 10.9. The van der Waals surface area contributed by atoms with E-state index >= 15 is 0 Å². The van der Waals surface area contributed by atoms with E-state index in [1.165, 1.54) is 12.1 Å². The molecule has 2 N–H and O–H groups in total. The highest BCUT2D eigenvalue weighted by molar-refractivity contribution is 14.1. The van der Waals surface area contributed by atoms with Gasteiger partial charge in [-0.1, -0.05) is 0 Å². The summed E-state index contributed by atoms with van der Waals surface area (Å²) in [5.74, 6) is 0.702. The van der Waals surface area contributed by atoms with Crippen LogP contribution in [0.3, 0.4) is 0 Å². The van der Waals surface area contributed by atoms with E-state index in [0.29, 0.717) is 11.4 Å². The van der Waals surface area contributed by atoms with Gasteiger partial charge in [0, 0.05) is 11.4 Å². The number of halogens is 4. The van der Waals surface area contributed by atoms with Crippen molar-refractivity contribution in [2.45, 2.75) is 6.18 Å². The Morgan fingerprint density at radius 2 is 1.36 bits per heavy atom.